The summed E-state index contributed by atoms with van der Waals surface area (Å²) in [4.78, 5) is 10.6. The van der Waals surface area contributed by atoms with Crippen LogP contribution in [0, 0.1) is 0 Å². The van der Waals surface area contributed by atoms with E-state index in [-0.39, 0.29) is 0 Å². The fourth-order valence-corrected chi connectivity index (χ4v) is 2.74. The lowest BCUT2D eigenvalue weighted by molar-refractivity contribution is 0.260. The zero-order valence-corrected chi connectivity index (χ0v) is 14.7. The molecule has 126 valence electrons. The van der Waals surface area contributed by atoms with E-state index in [1.807, 2.05) is 26.2 Å². The summed E-state index contributed by atoms with van der Waals surface area (Å²) in [5, 5.41) is 9.11. The van der Waals surface area contributed by atoms with Crippen molar-refractivity contribution >= 4 is 11.6 Å². The molecule has 3 aromatic heterocycles. The van der Waals surface area contributed by atoms with Crippen LogP contribution >= 0.6 is 11.6 Å². The molecule has 0 unspecified atom stereocenters. The molecule has 0 spiro atoms. The fourth-order valence-electron chi connectivity index (χ4n) is 2.53. The molecule has 0 bridgehead atoms. The van der Waals surface area contributed by atoms with Gasteiger partial charge in [-0.1, -0.05) is 23.7 Å². The summed E-state index contributed by atoms with van der Waals surface area (Å²) in [5.41, 5.74) is 2.88. The Bertz CT molecular complexity index is 813. The molecule has 0 fully saturated rings. The Morgan fingerprint density at radius 1 is 1.33 bits per heavy atom. The van der Waals surface area contributed by atoms with Crippen molar-refractivity contribution in [3.05, 3.63) is 46.8 Å². The maximum Gasteiger partial charge on any atom is 0.241 e. The molecule has 0 saturated heterocycles. The predicted molar refractivity (Wildman–Crippen MR) is 90.3 cm³/mol. The van der Waals surface area contributed by atoms with E-state index in [4.69, 9.17) is 16.1 Å². The number of halogens is 1. The van der Waals surface area contributed by atoms with E-state index in [9.17, 15) is 0 Å². The van der Waals surface area contributed by atoms with Crippen LogP contribution in [0.15, 0.2) is 29.0 Å². The summed E-state index contributed by atoms with van der Waals surface area (Å²) in [5.74, 6) is 1.09. The van der Waals surface area contributed by atoms with Gasteiger partial charge in [0.05, 0.1) is 12.2 Å². The van der Waals surface area contributed by atoms with Crippen LogP contribution in [-0.2, 0) is 26.6 Å². The Balaban J connectivity index is 1.70. The van der Waals surface area contributed by atoms with E-state index in [2.05, 4.69) is 32.0 Å². The van der Waals surface area contributed by atoms with Crippen molar-refractivity contribution in [2.45, 2.75) is 26.4 Å². The molecule has 3 heterocycles. The first-order chi connectivity index (χ1) is 11.6. The highest BCUT2D eigenvalue weighted by atomic mass is 35.5. The molecule has 8 heteroatoms. The van der Waals surface area contributed by atoms with Crippen molar-refractivity contribution in [2.75, 3.05) is 7.05 Å². The summed E-state index contributed by atoms with van der Waals surface area (Å²) in [6.45, 7) is 3.27. The Morgan fingerprint density at radius 2 is 2.17 bits per heavy atom. The van der Waals surface area contributed by atoms with Gasteiger partial charge in [-0.25, -0.2) is 0 Å². The van der Waals surface area contributed by atoms with Crippen molar-refractivity contribution in [1.82, 2.24) is 29.8 Å². The molecular formula is C16H19ClN6O. The highest BCUT2D eigenvalue weighted by Crippen LogP contribution is 2.22. The third-order valence-electron chi connectivity index (χ3n) is 3.71. The lowest BCUT2D eigenvalue weighted by Gasteiger charge is -2.14. The zero-order valence-electron chi connectivity index (χ0n) is 13.9. The average molecular weight is 347 g/mol. The predicted octanol–water partition coefficient (Wildman–Crippen LogP) is 2.71. The van der Waals surface area contributed by atoms with Crippen LogP contribution in [0.3, 0.4) is 0 Å². The van der Waals surface area contributed by atoms with Crippen molar-refractivity contribution < 1.29 is 4.52 Å². The number of nitrogens with zero attached hydrogens (tertiary/aromatic N) is 6. The largest absolute Gasteiger partial charge is 0.338 e. The smallest absolute Gasteiger partial charge is 0.241 e. The van der Waals surface area contributed by atoms with E-state index in [0.29, 0.717) is 30.0 Å². The molecule has 0 saturated carbocycles. The van der Waals surface area contributed by atoms with E-state index in [1.54, 1.807) is 17.1 Å². The van der Waals surface area contributed by atoms with Crippen LogP contribution < -0.4 is 0 Å². The molecule has 0 N–H and O–H groups in total. The average Bonchev–Trinajstić information content (AvgIpc) is 3.15. The van der Waals surface area contributed by atoms with E-state index >= 15 is 0 Å². The molecule has 0 aliphatic rings. The maximum absolute atomic E-state index is 6.34. The monoisotopic (exact) mass is 346 g/mol. The number of pyridine rings is 1. The molecule has 0 aliphatic heterocycles. The summed E-state index contributed by atoms with van der Waals surface area (Å²) in [6, 6.07) is 3.74. The minimum Gasteiger partial charge on any atom is -0.338 e. The second-order valence-electron chi connectivity index (χ2n) is 5.62. The molecule has 0 radical (unpaired) electrons. The number of aromatic nitrogens is 5. The lowest BCUT2D eigenvalue weighted by Crippen LogP contribution is -2.18. The second-order valence-corrected chi connectivity index (χ2v) is 5.98. The number of hydrogen-bond donors (Lipinski definition) is 0. The molecule has 0 amide bonds. The Hall–Kier alpha value is -2.25. The zero-order chi connectivity index (χ0) is 17.1. The first kappa shape index (κ1) is 16.6. The van der Waals surface area contributed by atoms with Gasteiger partial charge >= 0.3 is 0 Å². The van der Waals surface area contributed by atoms with Gasteiger partial charge in [-0.3, -0.25) is 14.6 Å². The van der Waals surface area contributed by atoms with Crippen LogP contribution in [0.2, 0.25) is 5.15 Å². The number of rotatable bonds is 6. The van der Waals surface area contributed by atoms with E-state index < -0.39 is 0 Å². The Labute approximate surface area is 145 Å². The first-order valence-corrected chi connectivity index (χ1v) is 8.08. The molecule has 7 nitrogen and oxygen atoms in total. The highest BCUT2D eigenvalue weighted by Gasteiger charge is 2.17. The van der Waals surface area contributed by atoms with Crippen molar-refractivity contribution in [2.24, 2.45) is 7.05 Å². The van der Waals surface area contributed by atoms with Crippen molar-refractivity contribution in [3.8, 4) is 11.4 Å². The fraction of sp³-hybridized carbons (Fsp3) is 0.375. The summed E-state index contributed by atoms with van der Waals surface area (Å²) < 4.78 is 7.04. The molecule has 3 aromatic rings. The van der Waals surface area contributed by atoms with Gasteiger partial charge in [0.1, 0.15) is 5.15 Å². The van der Waals surface area contributed by atoms with Crippen LogP contribution in [-0.4, -0.2) is 36.9 Å². The maximum atomic E-state index is 6.34. The lowest BCUT2D eigenvalue weighted by atomic mass is 10.2. The van der Waals surface area contributed by atoms with Crippen LogP contribution in [0.5, 0.6) is 0 Å². The molecule has 0 aromatic carbocycles. The van der Waals surface area contributed by atoms with E-state index in [1.165, 1.54) is 0 Å². The quantitative estimate of drug-likeness (QED) is 0.683. The van der Waals surface area contributed by atoms with Gasteiger partial charge in [0, 0.05) is 37.1 Å². The normalized spacial score (nSPS) is 11.4. The first-order valence-electron chi connectivity index (χ1n) is 7.70. The number of hydrogen-bond acceptors (Lipinski definition) is 6. The van der Waals surface area contributed by atoms with Gasteiger partial charge in [0.15, 0.2) is 0 Å². The van der Waals surface area contributed by atoms with Gasteiger partial charge in [0.2, 0.25) is 11.7 Å². The molecule has 3 rings (SSSR count). The van der Waals surface area contributed by atoms with Gasteiger partial charge < -0.3 is 4.52 Å². The Kier molecular flexibility index (Phi) is 4.92. The summed E-state index contributed by atoms with van der Waals surface area (Å²) >= 11 is 6.34. The molecule has 0 atom stereocenters. The standard InChI is InChI=1S/C16H19ClN6O/c1-4-13-12(15(17)23(3)20-13)9-22(2)10-14-19-16(21-24-14)11-6-5-7-18-8-11/h5-8H,4,9-10H2,1-3H3. The SMILES string of the molecule is CCc1nn(C)c(Cl)c1CN(C)Cc1nc(-c2cccnc2)no1. The van der Waals surface area contributed by atoms with Crippen LogP contribution in [0.4, 0.5) is 0 Å². The van der Waals surface area contributed by atoms with E-state index in [0.717, 1.165) is 23.2 Å². The molecule has 0 aliphatic carbocycles. The van der Waals surface area contributed by atoms with Crippen LogP contribution in [0.25, 0.3) is 11.4 Å². The summed E-state index contributed by atoms with van der Waals surface area (Å²) in [7, 11) is 3.83. The van der Waals surface area contributed by atoms with Gasteiger partial charge in [-0.2, -0.15) is 10.1 Å². The molecular weight excluding hydrogens is 328 g/mol. The second kappa shape index (κ2) is 7.11. The molecule has 24 heavy (non-hydrogen) atoms. The highest BCUT2D eigenvalue weighted by molar-refractivity contribution is 6.30. The Morgan fingerprint density at radius 3 is 2.88 bits per heavy atom. The minimum atomic E-state index is 0.529. The van der Waals surface area contributed by atoms with Gasteiger partial charge in [0.25, 0.3) is 0 Å². The van der Waals surface area contributed by atoms with Gasteiger partial charge in [-0.15, -0.1) is 0 Å². The van der Waals surface area contributed by atoms with Crippen molar-refractivity contribution in [1.29, 1.82) is 0 Å². The third-order valence-corrected chi connectivity index (χ3v) is 4.18. The third kappa shape index (κ3) is 3.47. The van der Waals surface area contributed by atoms with Crippen molar-refractivity contribution in [3.63, 3.8) is 0 Å². The topological polar surface area (TPSA) is 72.9 Å². The number of aryl methyl sites for hydroxylation is 2. The summed E-state index contributed by atoms with van der Waals surface area (Å²) in [6.07, 6.45) is 4.26. The van der Waals surface area contributed by atoms with Gasteiger partial charge in [-0.05, 0) is 25.6 Å². The van der Waals surface area contributed by atoms with Crippen LogP contribution in [0.1, 0.15) is 24.1 Å². The minimum absolute atomic E-state index is 0.529.